The minimum atomic E-state index is -0.605. The quantitative estimate of drug-likeness (QED) is 0.493. The van der Waals surface area contributed by atoms with Crippen LogP contribution in [0.25, 0.3) is 0 Å². The Morgan fingerprint density at radius 2 is 2.36 bits per heavy atom. The number of hydrazone groups is 1. The summed E-state index contributed by atoms with van der Waals surface area (Å²) in [6.45, 7) is -0.210. The number of hydrogen-bond acceptors (Lipinski definition) is 5. The number of aromatic nitrogens is 2. The highest BCUT2D eigenvalue weighted by Gasteiger charge is 2.10. The van der Waals surface area contributed by atoms with Crippen molar-refractivity contribution >= 4 is 33.7 Å². The van der Waals surface area contributed by atoms with Crippen LogP contribution < -0.4 is 5.43 Å². The zero-order valence-electron chi connectivity index (χ0n) is 10.9. The van der Waals surface area contributed by atoms with Gasteiger partial charge >= 0.3 is 5.69 Å². The van der Waals surface area contributed by atoms with E-state index in [4.69, 9.17) is 0 Å². The molecule has 2 rings (SSSR count). The number of rotatable bonds is 5. The van der Waals surface area contributed by atoms with Gasteiger partial charge in [-0.05, 0) is 33.6 Å². The van der Waals surface area contributed by atoms with Crippen LogP contribution in [-0.4, -0.2) is 26.8 Å². The van der Waals surface area contributed by atoms with E-state index in [0.29, 0.717) is 5.56 Å². The molecule has 0 fully saturated rings. The topological polar surface area (TPSA) is 102 Å². The van der Waals surface area contributed by atoms with Gasteiger partial charge in [-0.15, -0.1) is 0 Å². The Kier molecular flexibility index (Phi) is 4.94. The molecule has 0 spiro atoms. The van der Waals surface area contributed by atoms with Gasteiger partial charge in [0, 0.05) is 0 Å². The van der Waals surface area contributed by atoms with Crippen LogP contribution in [0.3, 0.4) is 0 Å². The lowest BCUT2D eigenvalue weighted by molar-refractivity contribution is -0.385. The van der Waals surface area contributed by atoms with Crippen LogP contribution >= 0.6 is 15.9 Å². The fourth-order valence-corrected chi connectivity index (χ4v) is 1.88. The molecular weight excluding hydrogens is 361 g/mol. The summed E-state index contributed by atoms with van der Waals surface area (Å²) in [5.74, 6) is -0.906. The summed E-state index contributed by atoms with van der Waals surface area (Å²) in [5.41, 5.74) is 2.63. The van der Waals surface area contributed by atoms with Gasteiger partial charge in [0.25, 0.3) is 5.91 Å². The molecule has 114 valence electrons. The largest absolute Gasteiger partial charge is 0.307 e. The maximum absolute atomic E-state index is 13.0. The van der Waals surface area contributed by atoms with Crippen molar-refractivity contribution in [1.29, 1.82) is 0 Å². The maximum atomic E-state index is 13.0. The van der Waals surface area contributed by atoms with E-state index < -0.39 is 16.6 Å². The molecule has 1 aromatic carbocycles. The van der Waals surface area contributed by atoms with E-state index >= 15 is 0 Å². The smallest absolute Gasteiger partial charge is 0.271 e. The lowest BCUT2D eigenvalue weighted by Gasteiger charge is -2.00. The number of carbonyl (C=O) groups is 1. The number of nitrogens with one attached hydrogen (secondary N) is 1. The Morgan fingerprint density at radius 3 is 3.00 bits per heavy atom. The van der Waals surface area contributed by atoms with Gasteiger partial charge in [0.2, 0.25) is 0 Å². The minimum Gasteiger partial charge on any atom is -0.271 e. The molecule has 1 amide bonds. The molecule has 0 atom stereocenters. The van der Waals surface area contributed by atoms with E-state index in [1.54, 1.807) is 0 Å². The molecule has 22 heavy (non-hydrogen) atoms. The summed E-state index contributed by atoms with van der Waals surface area (Å²) < 4.78 is 14.4. The molecule has 8 nitrogen and oxygen atoms in total. The van der Waals surface area contributed by atoms with Crippen molar-refractivity contribution in [3.05, 3.63) is 56.6 Å². The molecule has 1 heterocycles. The van der Waals surface area contributed by atoms with E-state index in [1.807, 2.05) is 0 Å². The molecule has 0 unspecified atom stereocenters. The first-order chi connectivity index (χ1) is 10.5. The Bertz CT molecular complexity index is 746. The summed E-state index contributed by atoms with van der Waals surface area (Å²) in [7, 11) is 0. The van der Waals surface area contributed by atoms with Crippen LogP contribution in [0.15, 0.2) is 40.2 Å². The van der Waals surface area contributed by atoms with Gasteiger partial charge in [0.1, 0.15) is 24.8 Å². The highest BCUT2D eigenvalue weighted by Crippen LogP contribution is 2.15. The molecule has 0 radical (unpaired) electrons. The SMILES string of the molecule is O=C(Cn1cc([N+](=O)[O-])cn1)NN=Cc1ccc(F)c(Br)c1. The van der Waals surface area contributed by atoms with Crippen LogP contribution in [0.2, 0.25) is 0 Å². The monoisotopic (exact) mass is 369 g/mol. The summed E-state index contributed by atoms with van der Waals surface area (Å²) >= 11 is 3.03. The predicted octanol–water partition coefficient (Wildman–Crippen LogP) is 1.84. The van der Waals surface area contributed by atoms with E-state index in [-0.39, 0.29) is 16.7 Å². The predicted molar refractivity (Wildman–Crippen MR) is 78.7 cm³/mol. The number of hydrogen-bond donors (Lipinski definition) is 1. The Balaban J connectivity index is 1.90. The molecule has 0 saturated carbocycles. The average molecular weight is 370 g/mol. The molecule has 0 saturated heterocycles. The molecular formula is C12H9BrFN5O3. The highest BCUT2D eigenvalue weighted by molar-refractivity contribution is 9.10. The zero-order chi connectivity index (χ0) is 16.1. The second-order valence-corrected chi connectivity index (χ2v) is 4.97. The highest BCUT2D eigenvalue weighted by atomic mass is 79.9. The fourth-order valence-electron chi connectivity index (χ4n) is 1.49. The first-order valence-corrected chi connectivity index (χ1v) is 6.69. The number of nitrogens with zero attached hydrogens (tertiary/aromatic N) is 4. The van der Waals surface area contributed by atoms with Gasteiger partial charge in [0.05, 0.1) is 15.6 Å². The van der Waals surface area contributed by atoms with Gasteiger partial charge in [0.15, 0.2) is 0 Å². The molecule has 0 aliphatic rings. The lowest BCUT2D eigenvalue weighted by atomic mass is 10.2. The van der Waals surface area contributed by atoms with Crippen LogP contribution in [0.5, 0.6) is 0 Å². The lowest BCUT2D eigenvalue weighted by Crippen LogP contribution is -2.23. The van der Waals surface area contributed by atoms with Crippen molar-refractivity contribution in [3.63, 3.8) is 0 Å². The summed E-state index contributed by atoms with van der Waals surface area (Å²) in [5, 5.41) is 17.9. The third-order valence-corrected chi connectivity index (χ3v) is 3.09. The van der Waals surface area contributed by atoms with Crippen LogP contribution in [0, 0.1) is 15.9 Å². The van der Waals surface area contributed by atoms with E-state index in [1.165, 1.54) is 24.4 Å². The van der Waals surface area contributed by atoms with Crippen LogP contribution in [0.1, 0.15) is 5.56 Å². The second-order valence-electron chi connectivity index (χ2n) is 4.12. The second kappa shape index (κ2) is 6.89. The van der Waals surface area contributed by atoms with Crippen molar-refractivity contribution in [2.24, 2.45) is 5.10 Å². The molecule has 2 aromatic rings. The minimum absolute atomic E-state index is 0.201. The third kappa shape index (κ3) is 4.19. The summed E-state index contributed by atoms with van der Waals surface area (Å²) in [6, 6.07) is 4.25. The Morgan fingerprint density at radius 1 is 1.59 bits per heavy atom. The first kappa shape index (κ1) is 15.8. The molecule has 1 N–H and O–H groups in total. The summed E-state index contributed by atoms with van der Waals surface area (Å²) in [6.07, 6.45) is 3.53. The number of halogens is 2. The third-order valence-electron chi connectivity index (χ3n) is 2.48. The Hall–Kier alpha value is -2.62. The van der Waals surface area contributed by atoms with E-state index in [0.717, 1.165) is 17.1 Å². The van der Waals surface area contributed by atoms with Crippen LogP contribution in [0.4, 0.5) is 10.1 Å². The van der Waals surface area contributed by atoms with Crippen molar-refractivity contribution in [1.82, 2.24) is 15.2 Å². The van der Waals surface area contributed by atoms with Gasteiger partial charge in [-0.1, -0.05) is 6.07 Å². The molecule has 0 bridgehead atoms. The number of carbonyl (C=O) groups excluding carboxylic acids is 1. The van der Waals surface area contributed by atoms with Crippen molar-refractivity contribution in [2.45, 2.75) is 6.54 Å². The zero-order valence-corrected chi connectivity index (χ0v) is 12.5. The molecule has 1 aromatic heterocycles. The van der Waals surface area contributed by atoms with Gasteiger partial charge in [-0.3, -0.25) is 19.6 Å². The number of benzene rings is 1. The normalized spacial score (nSPS) is 10.8. The fraction of sp³-hybridized carbons (Fsp3) is 0.0833. The van der Waals surface area contributed by atoms with Crippen LogP contribution in [-0.2, 0) is 11.3 Å². The summed E-state index contributed by atoms with van der Waals surface area (Å²) in [4.78, 5) is 21.5. The molecule has 0 aliphatic carbocycles. The van der Waals surface area contributed by atoms with E-state index in [2.05, 4.69) is 31.6 Å². The van der Waals surface area contributed by atoms with Gasteiger partial charge in [-0.2, -0.15) is 10.2 Å². The molecule has 10 heteroatoms. The number of nitro groups is 1. The first-order valence-electron chi connectivity index (χ1n) is 5.89. The van der Waals surface area contributed by atoms with E-state index in [9.17, 15) is 19.3 Å². The van der Waals surface area contributed by atoms with Gasteiger partial charge in [-0.25, -0.2) is 9.82 Å². The maximum Gasteiger partial charge on any atom is 0.307 e. The standard InChI is InChI=1S/C12H9BrFN5O3/c13-10-3-8(1-2-11(10)14)4-15-17-12(20)7-18-6-9(5-16-18)19(21)22/h1-6H,7H2,(H,17,20). The average Bonchev–Trinajstić information content (AvgIpc) is 2.91. The van der Waals surface area contributed by atoms with Crippen molar-refractivity contribution in [3.8, 4) is 0 Å². The Labute approximate surface area is 131 Å². The molecule has 0 aliphatic heterocycles. The van der Waals surface area contributed by atoms with Crippen molar-refractivity contribution in [2.75, 3.05) is 0 Å². The number of amides is 1. The van der Waals surface area contributed by atoms with Crippen molar-refractivity contribution < 1.29 is 14.1 Å². The van der Waals surface area contributed by atoms with Gasteiger partial charge < -0.3 is 0 Å².